The van der Waals surface area contributed by atoms with Crippen LogP contribution in [0.5, 0.6) is 0 Å². The van der Waals surface area contributed by atoms with Gasteiger partial charge in [0.1, 0.15) is 24.7 Å². The number of amides is 4. The van der Waals surface area contributed by atoms with E-state index in [1.807, 2.05) is 30.3 Å². The Morgan fingerprint density at radius 3 is 2.13 bits per heavy atom. The van der Waals surface area contributed by atoms with Crippen LogP contribution in [0.3, 0.4) is 0 Å². The van der Waals surface area contributed by atoms with E-state index in [0.29, 0.717) is 35.0 Å². The number of fused-ring (bicyclic) bond motifs is 1. The summed E-state index contributed by atoms with van der Waals surface area (Å²) in [7, 11) is 0. The van der Waals surface area contributed by atoms with Crippen LogP contribution >= 0.6 is 0 Å². The van der Waals surface area contributed by atoms with E-state index in [9.17, 15) is 50.3 Å². The van der Waals surface area contributed by atoms with Crippen LogP contribution in [0, 0.1) is 5.92 Å². The van der Waals surface area contributed by atoms with Crippen molar-refractivity contribution in [2.45, 2.75) is 89.1 Å². The number of carbonyl (C=O) groups is 5. The highest BCUT2D eigenvalue weighted by molar-refractivity contribution is 5.95. The third-order valence-electron chi connectivity index (χ3n) is 9.99. The van der Waals surface area contributed by atoms with Crippen molar-refractivity contribution in [2.24, 2.45) is 11.7 Å². The molecule has 4 amide bonds. The van der Waals surface area contributed by atoms with E-state index in [1.165, 1.54) is 4.90 Å². The van der Waals surface area contributed by atoms with Gasteiger partial charge >= 0.3 is 18.3 Å². The van der Waals surface area contributed by atoms with Gasteiger partial charge in [-0.25, -0.2) is 4.79 Å². The number of H-pyrrole nitrogens is 1. The molecule has 1 saturated heterocycles. The number of para-hydroxylation sites is 1. The molecule has 4 aromatic rings. The van der Waals surface area contributed by atoms with E-state index in [0.717, 1.165) is 5.56 Å². The fourth-order valence-corrected chi connectivity index (χ4v) is 7.01. The Kier molecular flexibility index (Phi) is 14.6. The Morgan fingerprint density at radius 2 is 1.48 bits per heavy atom. The van der Waals surface area contributed by atoms with Gasteiger partial charge in [-0.15, -0.1) is 0 Å². The molecule has 1 aliphatic heterocycles. The highest BCUT2D eigenvalue weighted by Crippen LogP contribution is 2.36. The van der Waals surface area contributed by atoms with Crippen molar-refractivity contribution in [1.29, 1.82) is 0 Å². The first kappa shape index (κ1) is 45.2. The molecule has 18 heteroatoms. The highest BCUT2D eigenvalue weighted by atomic mass is 19.4. The molecule has 3 aromatic carbocycles. The number of likely N-dealkylation sites (tertiary alicyclic amines) is 1. The molecule has 1 aromatic heterocycles. The van der Waals surface area contributed by atoms with Crippen molar-refractivity contribution < 1.29 is 55.1 Å². The molecule has 12 nitrogen and oxygen atoms in total. The molecule has 0 saturated carbocycles. The molecule has 0 unspecified atom stereocenters. The number of hydrogen-bond donors (Lipinski definition) is 5. The predicted octanol–water partition coefficient (Wildman–Crippen LogP) is 5.18. The Labute approximate surface area is 341 Å². The standard InChI is InChI=1S/C42H46F6N6O6/c1-24(2)15-33(52-39(58)35-13-8-14-54(35)36(55)22-51-37(56)31(49)18-25-9-4-3-5-10-25)38(57)53-34(19-27-21-50-32-12-7-6-11-30(27)32)40(59)60-23-26-16-28(41(43,44)45)20-29(17-26)42(46,47)48/h3-7,9-12,16-17,20-21,24,31,33-35,50H,8,13-15,18-19,22-23,49H2,1-2H3,(H,51,56)(H,52,58)(H,53,57)/t31-,33-,34-,35-/m0/s1. The zero-order chi connectivity index (χ0) is 43.8. The minimum Gasteiger partial charge on any atom is -0.459 e. The number of benzene rings is 3. The SMILES string of the molecule is CC(C)C[C@H](NC(=O)[C@@H]1CCCN1C(=O)CNC(=O)[C@@H](N)Cc1ccccc1)C(=O)N[C@@H](Cc1c[nH]c2ccccc12)C(=O)OCc1cc(C(F)(F)F)cc(C(F)(F)F)c1. The number of aromatic nitrogens is 1. The van der Waals surface area contributed by atoms with Gasteiger partial charge < -0.3 is 36.3 Å². The first-order valence-electron chi connectivity index (χ1n) is 19.3. The van der Waals surface area contributed by atoms with E-state index in [4.69, 9.17) is 10.5 Å². The van der Waals surface area contributed by atoms with Crippen LogP contribution in [-0.2, 0) is 60.5 Å². The van der Waals surface area contributed by atoms with E-state index < -0.39 is 96.0 Å². The molecule has 4 atom stereocenters. The van der Waals surface area contributed by atoms with E-state index in [2.05, 4.69) is 20.9 Å². The largest absolute Gasteiger partial charge is 0.459 e. The fourth-order valence-electron chi connectivity index (χ4n) is 7.01. The quantitative estimate of drug-likeness (QED) is 0.0763. The van der Waals surface area contributed by atoms with Crippen molar-refractivity contribution in [2.75, 3.05) is 13.1 Å². The van der Waals surface area contributed by atoms with E-state index in [1.54, 1.807) is 44.3 Å². The number of esters is 1. The maximum Gasteiger partial charge on any atom is 0.416 e. The lowest BCUT2D eigenvalue weighted by Gasteiger charge is -2.28. The zero-order valence-electron chi connectivity index (χ0n) is 32.8. The molecule has 0 radical (unpaired) electrons. The molecular weight excluding hydrogens is 798 g/mol. The minimum atomic E-state index is -5.13. The number of hydrogen-bond acceptors (Lipinski definition) is 7. The second-order valence-electron chi connectivity index (χ2n) is 15.1. The summed E-state index contributed by atoms with van der Waals surface area (Å²) in [6.07, 6.45) is -7.84. The van der Waals surface area contributed by atoms with Gasteiger partial charge in [0.25, 0.3) is 0 Å². The van der Waals surface area contributed by atoms with Gasteiger partial charge in [0, 0.05) is 30.1 Å². The van der Waals surface area contributed by atoms with Crippen LogP contribution in [0.15, 0.2) is 79.0 Å². The third-order valence-corrected chi connectivity index (χ3v) is 9.99. The fraction of sp³-hybridized carbons (Fsp3) is 0.405. The van der Waals surface area contributed by atoms with Gasteiger partial charge in [0.15, 0.2) is 0 Å². The Balaban J connectivity index is 1.29. The van der Waals surface area contributed by atoms with Gasteiger partial charge in [-0.05, 0) is 72.6 Å². The summed E-state index contributed by atoms with van der Waals surface area (Å²) in [6, 6.07) is 12.2. The van der Waals surface area contributed by atoms with E-state index in [-0.39, 0.29) is 44.2 Å². The minimum absolute atomic E-state index is 0.0445. The number of ether oxygens (including phenoxy) is 1. The second kappa shape index (κ2) is 19.4. The molecule has 0 spiro atoms. The van der Waals surface area contributed by atoms with Gasteiger partial charge in [-0.3, -0.25) is 19.2 Å². The number of alkyl halides is 6. The lowest BCUT2D eigenvalue weighted by Crippen LogP contribution is -2.56. The Bertz CT molecular complexity index is 2130. The Morgan fingerprint density at radius 1 is 0.833 bits per heavy atom. The molecule has 60 heavy (non-hydrogen) atoms. The van der Waals surface area contributed by atoms with Crippen LogP contribution in [0.25, 0.3) is 10.9 Å². The van der Waals surface area contributed by atoms with Crippen molar-refractivity contribution in [3.8, 4) is 0 Å². The monoisotopic (exact) mass is 844 g/mol. The van der Waals surface area contributed by atoms with Crippen LogP contribution in [0.1, 0.15) is 60.9 Å². The molecule has 1 aliphatic rings. The molecule has 5 rings (SSSR count). The predicted molar refractivity (Wildman–Crippen MR) is 207 cm³/mol. The summed E-state index contributed by atoms with van der Waals surface area (Å²) in [4.78, 5) is 71.6. The Hall–Kier alpha value is -5.91. The molecule has 0 aliphatic carbocycles. The summed E-state index contributed by atoms with van der Waals surface area (Å²) in [6.45, 7) is 2.37. The number of nitrogens with zero attached hydrogens (tertiary/aromatic N) is 1. The van der Waals surface area contributed by atoms with Crippen LogP contribution in [0.4, 0.5) is 26.3 Å². The molecule has 6 N–H and O–H groups in total. The van der Waals surface area contributed by atoms with Gasteiger partial charge in [0.05, 0.1) is 23.7 Å². The normalized spacial score (nSPS) is 16.0. The van der Waals surface area contributed by atoms with Crippen LogP contribution in [-0.4, -0.2) is 76.7 Å². The lowest BCUT2D eigenvalue weighted by molar-refractivity contribution is -0.149. The summed E-state index contributed by atoms with van der Waals surface area (Å²) >= 11 is 0. The number of nitrogens with one attached hydrogen (secondary N) is 4. The molecule has 2 heterocycles. The average Bonchev–Trinajstić information content (AvgIpc) is 3.86. The molecule has 322 valence electrons. The summed E-state index contributed by atoms with van der Waals surface area (Å²) in [5, 5.41) is 8.47. The maximum absolute atomic E-state index is 14.0. The summed E-state index contributed by atoms with van der Waals surface area (Å²) in [5.41, 5.74) is 4.33. The molecule has 1 fully saturated rings. The number of aromatic amines is 1. The molecular formula is C42H46F6N6O6. The molecule has 0 bridgehead atoms. The average molecular weight is 845 g/mol. The van der Waals surface area contributed by atoms with Gasteiger partial charge in [-0.1, -0.05) is 62.4 Å². The van der Waals surface area contributed by atoms with Gasteiger partial charge in [-0.2, -0.15) is 26.3 Å². The van der Waals surface area contributed by atoms with E-state index >= 15 is 0 Å². The summed E-state index contributed by atoms with van der Waals surface area (Å²) < 4.78 is 86.4. The van der Waals surface area contributed by atoms with Crippen molar-refractivity contribution in [3.63, 3.8) is 0 Å². The number of rotatable bonds is 16. The van der Waals surface area contributed by atoms with Crippen LogP contribution in [0.2, 0.25) is 0 Å². The number of halogens is 6. The maximum atomic E-state index is 14.0. The lowest BCUT2D eigenvalue weighted by atomic mass is 10.0. The zero-order valence-corrected chi connectivity index (χ0v) is 32.8. The number of carbonyl (C=O) groups excluding carboxylic acids is 5. The highest BCUT2D eigenvalue weighted by Gasteiger charge is 2.39. The third kappa shape index (κ3) is 12.1. The summed E-state index contributed by atoms with van der Waals surface area (Å²) in [5.74, 6) is -3.92. The first-order valence-corrected chi connectivity index (χ1v) is 19.3. The first-order chi connectivity index (χ1) is 28.3. The van der Waals surface area contributed by atoms with Crippen molar-refractivity contribution >= 4 is 40.5 Å². The van der Waals surface area contributed by atoms with Crippen molar-refractivity contribution in [1.82, 2.24) is 25.8 Å². The topological polar surface area (TPSA) is 176 Å². The second-order valence-corrected chi connectivity index (χ2v) is 15.1. The number of nitrogens with two attached hydrogens (primary N) is 1. The van der Waals surface area contributed by atoms with Crippen molar-refractivity contribution in [3.05, 3.63) is 107 Å². The van der Waals surface area contributed by atoms with Crippen LogP contribution < -0.4 is 21.7 Å². The smallest absolute Gasteiger partial charge is 0.416 e. The van der Waals surface area contributed by atoms with Gasteiger partial charge in [0.2, 0.25) is 23.6 Å².